The van der Waals surface area contributed by atoms with Gasteiger partial charge < -0.3 is 4.84 Å². The first-order chi connectivity index (χ1) is 5.92. The highest BCUT2D eigenvalue weighted by atomic mass is 127. The van der Waals surface area contributed by atoms with E-state index in [2.05, 4.69) is 20.2 Å². The van der Waals surface area contributed by atoms with Crippen LogP contribution in [-0.4, -0.2) is 4.01 Å². The summed E-state index contributed by atoms with van der Waals surface area (Å²) in [5.41, 5.74) is 2.35. The molecule has 0 atom stereocenters. The predicted molar refractivity (Wildman–Crippen MR) is 59.5 cm³/mol. The summed E-state index contributed by atoms with van der Waals surface area (Å²) in [5, 5.41) is 0. The van der Waals surface area contributed by atoms with Gasteiger partial charge in [-0.15, -0.1) is 0 Å². The predicted octanol–water partition coefficient (Wildman–Crippen LogP) is 2.04. The van der Waals surface area contributed by atoms with Crippen molar-refractivity contribution in [1.82, 2.24) is 0 Å². The molecule has 0 amide bonds. The molecule has 2 nitrogen and oxygen atoms in total. The Hall–Kier alpha value is -0.680. The highest BCUT2D eigenvalue weighted by Crippen LogP contribution is 2.26. The molecule has 2 N–H and O–H groups in total. The van der Waals surface area contributed by atoms with Gasteiger partial charge in [-0.1, -0.05) is 32.9 Å². The van der Waals surface area contributed by atoms with E-state index in [1.165, 1.54) is 5.56 Å². The molecular weight excluding hydrogens is 265 g/mol. The quantitative estimate of drug-likeness (QED) is 0.627. The van der Waals surface area contributed by atoms with Gasteiger partial charge in [-0.2, -0.15) is 5.90 Å². The molecule has 0 saturated carbocycles. The molecule has 0 bridgehead atoms. The van der Waals surface area contributed by atoms with Gasteiger partial charge in [0.25, 0.3) is 0 Å². The first kappa shape index (κ1) is 7.94. The highest BCUT2D eigenvalue weighted by Gasteiger charge is 2.05. The van der Waals surface area contributed by atoms with Crippen molar-refractivity contribution < 1.29 is 4.84 Å². The van der Waals surface area contributed by atoms with E-state index in [1.54, 1.807) is 0 Å². The van der Waals surface area contributed by atoms with Crippen LogP contribution in [0.4, 0.5) is 0 Å². The Bertz CT molecular complexity index is 358. The third kappa shape index (κ3) is 1.30. The lowest BCUT2D eigenvalue weighted by molar-refractivity contribution is 0.334. The standard InChI is InChI=1S/C9H8INO/c11-12-9-3-1-2-7-4-5-10-6-8(7)9/h1-6H,11H2. The summed E-state index contributed by atoms with van der Waals surface area (Å²) >= 11 is 0.0617. The van der Waals surface area contributed by atoms with E-state index < -0.39 is 0 Å². The van der Waals surface area contributed by atoms with Crippen LogP contribution in [0, 0.1) is 0 Å². The monoisotopic (exact) mass is 273 g/mol. The lowest BCUT2D eigenvalue weighted by Gasteiger charge is -2.08. The first-order valence-electron chi connectivity index (χ1n) is 3.53. The number of benzene rings is 1. The fourth-order valence-electron chi connectivity index (χ4n) is 1.13. The fraction of sp³-hybridized carbons (Fsp3) is 0. The van der Waals surface area contributed by atoms with Crippen molar-refractivity contribution in [3.05, 3.63) is 33.4 Å². The van der Waals surface area contributed by atoms with Gasteiger partial charge in [0.15, 0.2) is 5.75 Å². The molecule has 0 unspecified atom stereocenters. The van der Waals surface area contributed by atoms with Crippen LogP contribution < -0.4 is 10.7 Å². The van der Waals surface area contributed by atoms with E-state index in [0.29, 0.717) is 0 Å². The molecule has 0 aliphatic carbocycles. The van der Waals surface area contributed by atoms with Crippen LogP contribution in [-0.2, 0) is 0 Å². The topological polar surface area (TPSA) is 35.2 Å². The molecule has 3 heteroatoms. The molecule has 12 heavy (non-hydrogen) atoms. The van der Waals surface area contributed by atoms with Gasteiger partial charge in [-0.3, -0.25) is 0 Å². The minimum absolute atomic E-state index is 0.0617. The Morgan fingerprint density at radius 1 is 1.33 bits per heavy atom. The zero-order valence-corrected chi connectivity index (χ0v) is 8.49. The van der Waals surface area contributed by atoms with Crippen LogP contribution in [0.25, 0.3) is 6.08 Å². The maximum Gasteiger partial charge on any atom is 0.155 e. The first-order valence-corrected chi connectivity index (χ1v) is 6.02. The molecule has 0 saturated heterocycles. The normalized spacial score (nSPS) is 13.4. The largest absolute Gasteiger partial charge is 0.411 e. The number of halogens is 1. The lowest BCUT2D eigenvalue weighted by atomic mass is 10.1. The summed E-state index contributed by atoms with van der Waals surface area (Å²) in [5.74, 6) is 5.92. The van der Waals surface area contributed by atoms with Gasteiger partial charge in [0, 0.05) is 5.56 Å². The van der Waals surface area contributed by atoms with Crippen LogP contribution in [0.3, 0.4) is 0 Å². The van der Waals surface area contributed by atoms with E-state index >= 15 is 0 Å². The maximum absolute atomic E-state index is 5.14. The number of hydrogen-bond acceptors (Lipinski definition) is 2. The zero-order chi connectivity index (χ0) is 8.39. The third-order valence-electron chi connectivity index (χ3n) is 1.71. The molecule has 2 rings (SSSR count). The summed E-state index contributed by atoms with van der Waals surface area (Å²) < 4.78 is 4.44. The summed E-state index contributed by atoms with van der Waals surface area (Å²) in [7, 11) is 0. The van der Waals surface area contributed by atoms with Gasteiger partial charge in [-0.25, -0.2) is 0 Å². The molecule has 62 valence electrons. The Balaban J connectivity index is 2.62. The summed E-state index contributed by atoms with van der Waals surface area (Å²) in [6.07, 6.45) is 2.13. The summed E-state index contributed by atoms with van der Waals surface area (Å²) in [6.45, 7) is 0. The smallest absolute Gasteiger partial charge is 0.155 e. The lowest BCUT2D eigenvalue weighted by Crippen LogP contribution is -2.05. The van der Waals surface area contributed by atoms with Crippen LogP contribution in [0.2, 0.25) is 0 Å². The fourth-order valence-corrected chi connectivity index (χ4v) is 2.96. The molecule has 1 heterocycles. The highest BCUT2D eigenvalue weighted by molar-refractivity contribution is 14.2. The molecule has 0 radical (unpaired) electrons. The molecule has 1 aromatic rings. The summed E-state index contributed by atoms with van der Waals surface area (Å²) in [6, 6.07) is 5.90. The Morgan fingerprint density at radius 2 is 2.25 bits per heavy atom. The van der Waals surface area contributed by atoms with Crippen LogP contribution >= 0.6 is 20.7 Å². The Labute approximate surface area is 80.7 Å². The van der Waals surface area contributed by atoms with Crippen molar-refractivity contribution in [3.63, 3.8) is 0 Å². The van der Waals surface area contributed by atoms with E-state index in [9.17, 15) is 0 Å². The van der Waals surface area contributed by atoms with E-state index in [1.807, 2.05) is 12.1 Å². The average molecular weight is 273 g/mol. The summed E-state index contributed by atoms with van der Waals surface area (Å²) in [4.78, 5) is 4.77. The minimum atomic E-state index is 0.0617. The maximum atomic E-state index is 5.14. The molecule has 0 aromatic heterocycles. The van der Waals surface area contributed by atoms with Crippen LogP contribution in [0.15, 0.2) is 22.3 Å². The van der Waals surface area contributed by atoms with Crippen molar-refractivity contribution in [1.29, 1.82) is 0 Å². The second-order valence-electron chi connectivity index (χ2n) is 2.40. The zero-order valence-electron chi connectivity index (χ0n) is 6.33. The van der Waals surface area contributed by atoms with Crippen molar-refractivity contribution in [2.75, 3.05) is 0 Å². The Kier molecular flexibility index (Phi) is 2.23. The number of rotatable bonds is 1. The molecule has 1 aromatic carbocycles. The van der Waals surface area contributed by atoms with Crippen molar-refractivity contribution >= 4 is 30.8 Å². The third-order valence-corrected chi connectivity index (χ3v) is 3.47. The molecule has 0 fully saturated rings. The van der Waals surface area contributed by atoms with Gasteiger partial charge in [-0.05, 0) is 25.8 Å². The van der Waals surface area contributed by atoms with Gasteiger partial charge in [0.1, 0.15) is 0 Å². The minimum Gasteiger partial charge on any atom is -0.411 e. The van der Waals surface area contributed by atoms with Crippen molar-refractivity contribution in [2.24, 2.45) is 5.90 Å². The number of nitrogens with two attached hydrogens (primary N) is 1. The second kappa shape index (κ2) is 3.37. The SMILES string of the molecule is NOc1cccc2c1C=IC=C2. The second-order valence-corrected chi connectivity index (χ2v) is 4.47. The van der Waals surface area contributed by atoms with E-state index in [0.717, 1.165) is 11.3 Å². The van der Waals surface area contributed by atoms with Gasteiger partial charge in [0.05, 0.1) is 0 Å². The molecule has 1 aliphatic heterocycles. The van der Waals surface area contributed by atoms with Gasteiger partial charge >= 0.3 is 0 Å². The van der Waals surface area contributed by atoms with Gasteiger partial charge in [0.2, 0.25) is 0 Å². The average Bonchev–Trinajstić information content (AvgIpc) is 2.17. The van der Waals surface area contributed by atoms with Crippen LogP contribution in [0.1, 0.15) is 11.1 Å². The number of hydrogen-bond donors (Lipinski definition) is 1. The molecular formula is C9H8INO. The van der Waals surface area contributed by atoms with Crippen LogP contribution in [0.5, 0.6) is 5.75 Å². The molecule has 0 spiro atoms. The number of fused-ring (bicyclic) bond motifs is 1. The van der Waals surface area contributed by atoms with E-state index in [-0.39, 0.29) is 20.7 Å². The van der Waals surface area contributed by atoms with Crippen molar-refractivity contribution in [3.8, 4) is 5.75 Å². The Morgan fingerprint density at radius 3 is 3.08 bits per heavy atom. The molecule has 1 aliphatic rings. The van der Waals surface area contributed by atoms with E-state index in [4.69, 9.17) is 10.7 Å². The van der Waals surface area contributed by atoms with Crippen molar-refractivity contribution in [2.45, 2.75) is 0 Å².